The molecule has 0 saturated heterocycles. The number of halogens is 2. The van der Waals surface area contributed by atoms with Gasteiger partial charge in [0.25, 0.3) is 0 Å². The Morgan fingerprint density at radius 3 is 2.67 bits per heavy atom. The molecule has 0 fully saturated rings. The molecular weight excluding hydrogens is 183 g/mol. The summed E-state index contributed by atoms with van der Waals surface area (Å²) in [6.07, 6.45) is -1.04. The lowest BCUT2D eigenvalue weighted by molar-refractivity contribution is 0.0954. The highest BCUT2D eigenvalue weighted by atomic mass is 35.5. The van der Waals surface area contributed by atoms with Gasteiger partial charge in [-0.3, -0.25) is 0 Å². The normalized spacial score (nSPS) is 13.0. The summed E-state index contributed by atoms with van der Waals surface area (Å²) in [4.78, 5) is 0. The van der Waals surface area contributed by atoms with Crippen LogP contribution in [-0.4, -0.2) is 16.8 Å². The van der Waals surface area contributed by atoms with Crippen molar-refractivity contribution >= 4 is 11.6 Å². The first-order valence-corrected chi connectivity index (χ1v) is 3.77. The summed E-state index contributed by atoms with van der Waals surface area (Å²) in [5.41, 5.74) is 0.319. The monoisotopic (exact) mass is 190 g/mol. The highest BCUT2D eigenvalue weighted by molar-refractivity contribution is 6.30. The number of benzene rings is 1. The Morgan fingerprint density at radius 2 is 2.17 bits per heavy atom. The van der Waals surface area contributed by atoms with Crippen molar-refractivity contribution in [2.45, 2.75) is 6.10 Å². The minimum Gasteiger partial charge on any atom is -0.393 e. The quantitative estimate of drug-likeness (QED) is 0.742. The van der Waals surface area contributed by atoms with Crippen LogP contribution >= 0.6 is 11.6 Å². The SMILES string of the molecule is OC[C@@H](O)c1ccc(Cl)c(F)c1. The molecule has 0 spiro atoms. The fourth-order valence-corrected chi connectivity index (χ4v) is 0.943. The molecule has 0 saturated carbocycles. The molecule has 0 aromatic heterocycles. The predicted octanol–water partition coefficient (Wildman–Crippen LogP) is 1.50. The molecule has 0 amide bonds. The molecule has 0 aliphatic heterocycles. The molecule has 0 radical (unpaired) electrons. The predicted molar refractivity (Wildman–Crippen MR) is 43.5 cm³/mol. The van der Waals surface area contributed by atoms with Crippen LogP contribution in [0.15, 0.2) is 18.2 Å². The van der Waals surface area contributed by atoms with Gasteiger partial charge in [0.2, 0.25) is 0 Å². The van der Waals surface area contributed by atoms with Gasteiger partial charge in [0.15, 0.2) is 0 Å². The average molecular weight is 191 g/mol. The van der Waals surface area contributed by atoms with Crippen molar-refractivity contribution in [2.75, 3.05) is 6.61 Å². The highest BCUT2D eigenvalue weighted by Gasteiger charge is 2.08. The van der Waals surface area contributed by atoms with E-state index in [4.69, 9.17) is 21.8 Å². The van der Waals surface area contributed by atoms with Gasteiger partial charge in [-0.05, 0) is 17.7 Å². The number of aliphatic hydroxyl groups excluding tert-OH is 2. The minimum absolute atomic E-state index is 0.00360. The molecular formula is C8H8ClFO2. The van der Waals surface area contributed by atoms with Gasteiger partial charge in [0.05, 0.1) is 11.6 Å². The van der Waals surface area contributed by atoms with Crippen LogP contribution in [0.3, 0.4) is 0 Å². The average Bonchev–Trinajstić information content (AvgIpc) is 2.08. The van der Waals surface area contributed by atoms with Crippen molar-refractivity contribution in [3.05, 3.63) is 34.6 Å². The maximum atomic E-state index is 12.8. The molecule has 2 nitrogen and oxygen atoms in total. The first-order chi connectivity index (χ1) is 5.65. The first-order valence-electron chi connectivity index (χ1n) is 3.39. The van der Waals surface area contributed by atoms with Crippen LogP contribution in [-0.2, 0) is 0 Å². The molecule has 1 aromatic carbocycles. The molecule has 66 valence electrons. The van der Waals surface area contributed by atoms with Crippen LogP contribution in [0.25, 0.3) is 0 Å². The number of aliphatic hydroxyl groups is 2. The van der Waals surface area contributed by atoms with E-state index in [-0.39, 0.29) is 5.02 Å². The lowest BCUT2D eigenvalue weighted by atomic mass is 10.1. The third-order valence-electron chi connectivity index (χ3n) is 1.50. The molecule has 0 aliphatic carbocycles. The van der Waals surface area contributed by atoms with E-state index >= 15 is 0 Å². The van der Waals surface area contributed by atoms with Crippen LogP contribution in [0.4, 0.5) is 4.39 Å². The molecule has 2 N–H and O–H groups in total. The summed E-state index contributed by atoms with van der Waals surface area (Å²) in [5.74, 6) is -0.596. The Labute approximate surface area is 74.2 Å². The van der Waals surface area contributed by atoms with Gasteiger partial charge in [-0.1, -0.05) is 17.7 Å². The maximum absolute atomic E-state index is 12.8. The molecule has 1 atom stereocenters. The molecule has 1 aromatic rings. The fourth-order valence-electron chi connectivity index (χ4n) is 0.825. The molecule has 0 bridgehead atoms. The largest absolute Gasteiger partial charge is 0.393 e. The van der Waals surface area contributed by atoms with Gasteiger partial charge in [0.1, 0.15) is 11.9 Å². The van der Waals surface area contributed by atoms with Gasteiger partial charge >= 0.3 is 0 Å². The Kier molecular flexibility index (Phi) is 3.03. The van der Waals surface area contributed by atoms with Crippen molar-refractivity contribution in [1.82, 2.24) is 0 Å². The van der Waals surface area contributed by atoms with Crippen LogP contribution in [0.2, 0.25) is 5.02 Å². The summed E-state index contributed by atoms with van der Waals surface area (Å²) in [6, 6.07) is 3.90. The molecule has 0 unspecified atom stereocenters. The topological polar surface area (TPSA) is 40.5 Å². The van der Waals surface area contributed by atoms with Crippen molar-refractivity contribution < 1.29 is 14.6 Å². The van der Waals surface area contributed by atoms with Crippen molar-refractivity contribution in [3.8, 4) is 0 Å². The number of hydrogen-bond acceptors (Lipinski definition) is 2. The zero-order valence-electron chi connectivity index (χ0n) is 6.17. The van der Waals surface area contributed by atoms with Gasteiger partial charge in [-0.15, -0.1) is 0 Å². The lowest BCUT2D eigenvalue weighted by Crippen LogP contribution is -2.02. The van der Waals surface area contributed by atoms with Crippen LogP contribution < -0.4 is 0 Å². The van der Waals surface area contributed by atoms with Gasteiger partial charge in [0, 0.05) is 0 Å². The Balaban J connectivity index is 2.96. The summed E-state index contributed by atoms with van der Waals surface area (Å²) >= 11 is 5.41. The Morgan fingerprint density at radius 1 is 1.50 bits per heavy atom. The van der Waals surface area contributed by atoms with E-state index in [2.05, 4.69) is 0 Å². The second-order valence-electron chi connectivity index (χ2n) is 2.37. The van der Waals surface area contributed by atoms with E-state index in [1.54, 1.807) is 0 Å². The third kappa shape index (κ3) is 1.94. The second-order valence-corrected chi connectivity index (χ2v) is 2.78. The zero-order valence-corrected chi connectivity index (χ0v) is 6.92. The standard InChI is InChI=1S/C8H8ClFO2/c9-6-2-1-5(3-7(6)10)8(12)4-11/h1-3,8,11-12H,4H2/t8-/m1/s1. The van der Waals surface area contributed by atoms with E-state index < -0.39 is 18.5 Å². The van der Waals surface area contributed by atoms with Crippen LogP contribution in [0, 0.1) is 5.82 Å². The summed E-state index contributed by atoms with van der Waals surface area (Å²) < 4.78 is 12.8. The fraction of sp³-hybridized carbons (Fsp3) is 0.250. The molecule has 12 heavy (non-hydrogen) atoms. The Hall–Kier alpha value is -0.640. The first kappa shape index (κ1) is 9.45. The van der Waals surface area contributed by atoms with Gasteiger partial charge in [-0.2, -0.15) is 0 Å². The van der Waals surface area contributed by atoms with E-state index in [1.807, 2.05) is 0 Å². The molecule has 1 rings (SSSR count). The summed E-state index contributed by atoms with van der Waals surface area (Å²) in [6.45, 7) is -0.429. The lowest BCUT2D eigenvalue weighted by Gasteiger charge is -2.07. The second kappa shape index (κ2) is 3.85. The molecule has 0 aliphatic rings. The van der Waals surface area contributed by atoms with Crippen LogP contribution in [0.1, 0.15) is 11.7 Å². The van der Waals surface area contributed by atoms with Gasteiger partial charge < -0.3 is 10.2 Å². The molecule has 0 heterocycles. The third-order valence-corrected chi connectivity index (χ3v) is 1.81. The van der Waals surface area contributed by atoms with E-state index in [1.165, 1.54) is 12.1 Å². The summed E-state index contributed by atoms with van der Waals surface area (Å²) in [7, 11) is 0. The number of rotatable bonds is 2. The highest BCUT2D eigenvalue weighted by Crippen LogP contribution is 2.19. The zero-order chi connectivity index (χ0) is 9.14. The Bertz CT molecular complexity index is 278. The van der Waals surface area contributed by atoms with Gasteiger partial charge in [-0.25, -0.2) is 4.39 Å². The van der Waals surface area contributed by atoms with Crippen molar-refractivity contribution in [2.24, 2.45) is 0 Å². The van der Waals surface area contributed by atoms with E-state index in [0.29, 0.717) is 5.56 Å². The minimum atomic E-state index is -1.04. The van der Waals surface area contributed by atoms with E-state index in [9.17, 15) is 4.39 Å². The van der Waals surface area contributed by atoms with Crippen molar-refractivity contribution in [3.63, 3.8) is 0 Å². The molecule has 4 heteroatoms. The maximum Gasteiger partial charge on any atom is 0.142 e. The summed E-state index contributed by atoms with van der Waals surface area (Å²) in [5, 5.41) is 17.6. The van der Waals surface area contributed by atoms with E-state index in [0.717, 1.165) is 6.07 Å². The van der Waals surface area contributed by atoms with Crippen molar-refractivity contribution in [1.29, 1.82) is 0 Å². The van der Waals surface area contributed by atoms with Crippen LogP contribution in [0.5, 0.6) is 0 Å². The smallest absolute Gasteiger partial charge is 0.142 e. The number of hydrogen-bond donors (Lipinski definition) is 2.